The number of carbonyl (C=O) groups excluding carboxylic acids is 4. The summed E-state index contributed by atoms with van der Waals surface area (Å²) in [6.45, 7) is 4.52. The van der Waals surface area contributed by atoms with Crippen LogP contribution in [0.15, 0.2) is 158 Å². The molecule has 0 rings (SSSR count). The third kappa shape index (κ3) is 78.8. The van der Waals surface area contributed by atoms with Crippen molar-refractivity contribution in [3.05, 3.63) is 158 Å². The summed E-state index contributed by atoms with van der Waals surface area (Å²) in [6, 6.07) is 0. The maximum atomic E-state index is 13.1. The second kappa shape index (κ2) is 79.8. The standard InChI is InChI=1S/C89H148O17P2/c1-5-9-13-17-21-25-29-33-37-39-41-43-47-49-53-57-61-65-69-73-86(91)99-79-84(105-88(93)75-71-67-63-59-55-51-45-35-31-27-23-19-15-11-7-3)81-103-107(95,96)101-77-83(90)78-102-108(97,98)104-82-85(106-89(94)76-72-68-64-60-56-52-46-36-32-28-24-20-16-12-8-4)80-100-87(92)74-70-66-62-58-54-50-48-44-42-40-38-34-30-26-22-18-14-10-6-2/h9,12-13,16,21-22,24-26,28,33-38,41-46,49,53,56,60,83-85,90H,5-8,10-11,14-15,17-20,23,27,29-32,39-40,47-48,50-52,54-55,57-59,61-82H2,1-4H3,(H,95,96)(H,97,98)/b13-9-,16-12-,25-21-,26-22-,28-24-,37-33-,38-34-,43-41-,44-42-,45-35-,46-36-,53-49-,60-56-. The molecule has 19 heteroatoms. The first-order valence-electron chi connectivity index (χ1n) is 41.7. The number of allylic oxidation sites excluding steroid dienone is 26. The fourth-order valence-electron chi connectivity index (χ4n) is 10.7. The molecule has 0 bridgehead atoms. The zero-order valence-electron chi connectivity index (χ0n) is 67.5. The van der Waals surface area contributed by atoms with Crippen molar-refractivity contribution in [2.45, 2.75) is 341 Å². The van der Waals surface area contributed by atoms with Crippen molar-refractivity contribution in [2.24, 2.45) is 0 Å². The second-order valence-corrected chi connectivity index (χ2v) is 30.2. The first-order valence-corrected chi connectivity index (χ1v) is 44.7. The summed E-state index contributed by atoms with van der Waals surface area (Å²) >= 11 is 0. The van der Waals surface area contributed by atoms with Crippen LogP contribution in [0.25, 0.3) is 0 Å². The van der Waals surface area contributed by atoms with Crippen molar-refractivity contribution in [1.82, 2.24) is 0 Å². The largest absolute Gasteiger partial charge is 0.472 e. The topological polar surface area (TPSA) is 237 Å². The summed E-state index contributed by atoms with van der Waals surface area (Å²) < 4.78 is 68.7. The van der Waals surface area contributed by atoms with Gasteiger partial charge in [-0.1, -0.05) is 282 Å². The Bertz CT molecular complexity index is 2660. The van der Waals surface area contributed by atoms with Gasteiger partial charge >= 0.3 is 39.5 Å². The van der Waals surface area contributed by atoms with Crippen molar-refractivity contribution in [1.29, 1.82) is 0 Å². The van der Waals surface area contributed by atoms with Gasteiger partial charge in [-0.15, -0.1) is 0 Å². The van der Waals surface area contributed by atoms with Gasteiger partial charge in [0, 0.05) is 25.7 Å². The van der Waals surface area contributed by atoms with Gasteiger partial charge < -0.3 is 33.8 Å². The molecule has 0 saturated heterocycles. The normalized spacial score (nSPS) is 14.6. The Balaban J connectivity index is 5.45. The van der Waals surface area contributed by atoms with Crippen molar-refractivity contribution >= 4 is 39.5 Å². The molecule has 5 unspecified atom stereocenters. The molecule has 0 aliphatic rings. The zero-order valence-corrected chi connectivity index (χ0v) is 69.3. The van der Waals surface area contributed by atoms with Crippen LogP contribution in [0.1, 0.15) is 323 Å². The van der Waals surface area contributed by atoms with Gasteiger partial charge in [-0.2, -0.15) is 0 Å². The van der Waals surface area contributed by atoms with E-state index < -0.39 is 97.5 Å². The summed E-state index contributed by atoms with van der Waals surface area (Å²) in [4.78, 5) is 73.2. The Labute approximate surface area is 655 Å². The lowest BCUT2D eigenvalue weighted by Gasteiger charge is -2.21. The highest BCUT2D eigenvalue weighted by atomic mass is 31.2. The van der Waals surface area contributed by atoms with E-state index in [1.165, 1.54) is 57.8 Å². The number of esters is 4. The number of aliphatic hydroxyl groups is 1. The predicted molar refractivity (Wildman–Crippen MR) is 445 cm³/mol. The van der Waals surface area contributed by atoms with Crippen LogP contribution in [0, 0.1) is 0 Å². The number of phosphoric ester groups is 2. The van der Waals surface area contributed by atoms with Crippen molar-refractivity contribution in [3.63, 3.8) is 0 Å². The fourth-order valence-corrected chi connectivity index (χ4v) is 12.2. The first-order chi connectivity index (χ1) is 52.7. The number of ether oxygens (including phenoxy) is 4. The lowest BCUT2D eigenvalue weighted by molar-refractivity contribution is -0.161. The van der Waals surface area contributed by atoms with Gasteiger partial charge in [0.1, 0.15) is 19.3 Å². The highest BCUT2D eigenvalue weighted by Crippen LogP contribution is 2.45. The molecule has 0 aromatic rings. The van der Waals surface area contributed by atoms with E-state index in [1.807, 2.05) is 0 Å². The molecule has 17 nitrogen and oxygen atoms in total. The maximum Gasteiger partial charge on any atom is 0.472 e. The molecule has 3 N–H and O–H groups in total. The van der Waals surface area contributed by atoms with Gasteiger partial charge in [0.25, 0.3) is 0 Å². The summed E-state index contributed by atoms with van der Waals surface area (Å²) in [7, 11) is -10.0. The molecule has 0 fully saturated rings. The molecule has 108 heavy (non-hydrogen) atoms. The van der Waals surface area contributed by atoms with Crippen LogP contribution < -0.4 is 0 Å². The summed E-state index contributed by atoms with van der Waals surface area (Å²) in [6.07, 6.45) is 93.6. The predicted octanol–water partition coefficient (Wildman–Crippen LogP) is 24.8. The minimum Gasteiger partial charge on any atom is -0.462 e. The van der Waals surface area contributed by atoms with Gasteiger partial charge in [-0.05, 0) is 173 Å². The third-order valence-electron chi connectivity index (χ3n) is 17.0. The van der Waals surface area contributed by atoms with Crippen molar-refractivity contribution < 1.29 is 80.2 Å². The Morgan fingerprint density at radius 2 is 0.481 bits per heavy atom. The average molecular weight is 1550 g/mol. The lowest BCUT2D eigenvalue weighted by Crippen LogP contribution is -2.30. The second-order valence-electron chi connectivity index (χ2n) is 27.3. The minimum absolute atomic E-state index is 0.0343. The van der Waals surface area contributed by atoms with Crippen LogP contribution in [0.2, 0.25) is 0 Å². The van der Waals surface area contributed by atoms with Crippen LogP contribution in [0.3, 0.4) is 0 Å². The van der Waals surface area contributed by atoms with Gasteiger partial charge in [-0.25, -0.2) is 9.13 Å². The third-order valence-corrected chi connectivity index (χ3v) is 18.9. The van der Waals surface area contributed by atoms with Crippen LogP contribution >= 0.6 is 15.6 Å². The molecule has 0 amide bonds. The van der Waals surface area contributed by atoms with Crippen LogP contribution in [0.4, 0.5) is 0 Å². The number of carbonyl (C=O) groups is 4. The highest BCUT2D eigenvalue weighted by molar-refractivity contribution is 7.47. The molecular weight excluding hydrogens is 1400 g/mol. The molecule has 0 aliphatic carbocycles. The van der Waals surface area contributed by atoms with Gasteiger partial charge in [0.2, 0.25) is 0 Å². The van der Waals surface area contributed by atoms with Crippen LogP contribution in [-0.4, -0.2) is 96.7 Å². The van der Waals surface area contributed by atoms with E-state index in [4.69, 9.17) is 37.0 Å². The fraction of sp³-hybridized carbons (Fsp3) is 0.663. The number of hydrogen-bond donors (Lipinski definition) is 3. The van der Waals surface area contributed by atoms with E-state index in [9.17, 15) is 43.2 Å². The number of phosphoric acid groups is 2. The lowest BCUT2D eigenvalue weighted by atomic mass is 10.1. The number of rotatable bonds is 77. The van der Waals surface area contributed by atoms with Crippen molar-refractivity contribution in [3.8, 4) is 0 Å². The maximum absolute atomic E-state index is 13.1. The number of hydrogen-bond acceptors (Lipinski definition) is 15. The van der Waals surface area contributed by atoms with Crippen LogP contribution in [-0.2, 0) is 65.4 Å². The average Bonchev–Trinajstić information content (AvgIpc) is 0.923. The zero-order chi connectivity index (χ0) is 78.9. The van der Waals surface area contributed by atoms with E-state index in [0.29, 0.717) is 32.1 Å². The Morgan fingerprint density at radius 1 is 0.269 bits per heavy atom. The van der Waals surface area contributed by atoms with Gasteiger partial charge in [0.05, 0.1) is 26.4 Å². The smallest absolute Gasteiger partial charge is 0.462 e. The molecule has 0 spiro atoms. The summed E-state index contributed by atoms with van der Waals surface area (Å²) in [5.74, 6) is -2.29. The van der Waals surface area contributed by atoms with E-state index >= 15 is 0 Å². The molecular formula is C89H148O17P2. The van der Waals surface area contributed by atoms with E-state index in [1.54, 1.807) is 0 Å². The first kappa shape index (κ1) is 103. The molecule has 0 saturated carbocycles. The molecule has 0 aliphatic heterocycles. The monoisotopic (exact) mass is 1550 g/mol. The molecule has 5 atom stereocenters. The Morgan fingerprint density at radius 3 is 0.796 bits per heavy atom. The van der Waals surface area contributed by atoms with Crippen molar-refractivity contribution in [2.75, 3.05) is 39.6 Å². The summed E-state index contributed by atoms with van der Waals surface area (Å²) in [5.41, 5.74) is 0. The molecule has 0 radical (unpaired) electrons. The van der Waals surface area contributed by atoms with Gasteiger partial charge in [-0.3, -0.25) is 37.3 Å². The SMILES string of the molecule is CC/C=C\C/C=C\C/C=C\C/C=C\C/C=C\CCCCCC(=O)OCC(COP(=O)(O)OCC(O)COP(=O)(O)OCC(COC(=O)CCCCCCCC/C=C\C/C=C\C/C=C\CCCCC)OC(=O)CCCC/C=C\C/C=C\C/C=C\C/C=C\CC)OC(=O)CCCCCCC/C=C\CCCCCCCC. The molecule has 616 valence electrons. The summed E-state index contributed by atoms with van der Waals surface area (Å²) in [5, 5.41) is 10.7. The van der Waals surface area contributed by atoms with E-state index in [0.717, 1.165) is 180 Å². The number of unbranched alkanes of at least 4 members (excludes halogenated alkanes) is 25. The van der Waals surface area contributed by atoms with Crippen LogP contribution in [0.5, 0.6) is 0 Å². The van der Waals surface area contributed by atoms with E-state index in [-0.39, 0.29) is 25.7 Å². The van der Waals surface area contributed by atoms with Gasteiger partial charge in [0.15, 0.2) is 12.2 Å². The Kier molecular flexibility index (Phi) is 75.8. The number of aliphatic hydroxyl groups excluding tert-OH is 1. The molecule has 0 heterocycles. The Hall–Kier alpha value is -5.32. The minimum atomic E-state index is -5.00. The molecule has 0 aromatic heterocycles. The quantitative estimate of drug-likeness (QED) is 0.0169. The molecule has 0 aromatic carbocycles. The van der Waals surface area contributed by atoms with E-state index in [2.05, 4.69) is 186 Å². The highest BCUT2D eigenvalue weighted by Gasteiger charge is 2.30.